The van der Waals surface area contributed by atoms with Gasteiger partial charge in [-0.25, -0.2) is 13.8 Å². The molecule has 0 fully saturated rings. The smallest absolute Gasteiger partial charge is 0.187 e. The van der Waals surface area contributed by atoms with Gasteiger partial charge in [0.25, 0.3) is 0 Å². The van der Waals surface area contributed by atoms with Crippen LogP contribution in [-0.4, -0.2) is 7.11 Å². The molecule has 0 radical (unpaired) electrons. The lowest BCUT2D eigenvalue weighted by atomic mass is 9.99. The fourth-order valence-electron chi connectivity index (χ4n) is 2.90. The second kappa shape index (κ2) is 5.42. The molecule has 0 N–H and O–H groups in total. The molecule has 0 amide bonds. The summed E-state index contributed by atoms with van der Waals surface area (Å²) in [6, 6.07) is 17.2. The molecule has 1 heterocycles. The molecule has 0 unspecified atom stereocenters. The Balaban J connectivity index is 1.71. The van der Waals surface area contributed by atoms with Crippen LogP contribution in [0.4, 0.5) is 20.2 Å². The summed E-state index contributed by atoms with van der Waals surface area (Å²) in [4.78, 5) is 4.97. The van der Waals surface area contributed by atoms with E-state index >= 15 is 0 Å². The molecular weight excluding hydrogens is 308 g/mol. The molecule has 4 heteroatoms. The molecule has 4 rings (SSSR count). The first kappa shape index (κ1) is 14.8. The van der Waals surface area contributed by atoms with E-state index in [1.54, 1.807) is 18.2 Å². The zero-order valence-electron chi connectivity index (χ0n) is 13.3. The first-order chi connectivity index (χ1) is 11.6. The fourth-order valence-corrected chi connectivity index (χ4v) is 2.90. The maximum Gasteiger partial charge on any atom is 0.187 e. The minimum atomic E-state index is -0.869. The first-order valence-corrected chi connectivity index (χ1v) is 7.64. The molecule has 120 valence electrons. The molecule has 0 spiro atoms. The Kier molecular flexibility index (Phi) is 3.36. The topological polar surface area (TPSA) is 12.2 Å². The van der Waals surface area contributed by atoms with E-state index < -0.39 is 11.6 Å². The molecule has 1 aliphatic rings. The SMILES string of the molecule is CON1c2cc(-c3ccc(-c4ccc(C)cc4)cc3)c(F)c(F)c21. The van der Waals surface area contributed by atoms with Gasteiger partial charge in [-0.3, -0.25) is 4.84 Å². The number of hydrogen-bond acceptors (Lipinski definition) is 2. The lowest BCUT2D eigenvalue weighted by molar-refractivity contribution is 0.222. The molecule has 24 heavy (non-hydrogen) atoms. The highest BCUT2D eigenvalue weighted by Crippen LogP contribution is 2.52. The van der Waals surface area contributed by atoms with Gasteiger partial charge in [-0.1, -0.05) is 54.1 Å². The monoisotopic (exact) mass is 323 g/mol. The number of rotatable bonds is 3. The third-order valence-electron chi connectivity index (χ3n) is 4.30. The normalized spacial score (nSPS) is 12.2. The highest BCUT2D eigenvalue weighted by Gasteiger charge is 2.37. The molecule has 3 aromatic rings. The number of aryl methyl sites for hydroxylation is 1. The van der Waals surface area contributed by atoms with Crippen molar-refractivity contribution in [1.29, 1.82) is 0 Å². The summed E-state index contributed by atoms with van der Waals surface area (Å²) in [6.45, 7) is 2.04. The first-order valence-electron chi connectivity index (χ1n) is 7.64. The number of fused-ring (bicyclic) bond motifs is 1. The van der Waals surface area contributed by atoms with E-state index in [2.05, 4.69) is 0 Å². The van der Waals surface area contributed by atoms with Gasteiger partial charge in [0, 0.05) is 5.56 Å². The van der Waals surface area contributed by atoms with Crippen molar-refractivity contribution >= 4 is 11.4 Å². The Hall–Kier alpha value is -2.72. The largest absolute Gasteiger partial charge is 0.272 e. The summed E-state index contributed by atoms with van der Waals surface area (Å²) in [5, 5.41) is 1.28. The van der Waals surface area contributed by atoms with Crippen molar-refractivity contribution in [1.82, 2.24) is 0 Å². The van der Waals surface area contributed by atoms with Gasteiger partial charge >= 0.3 is 0 Å². The maximum atomic E-state index is 14.3. The van der Waals surface area contributed by atoms with Crippen LogP contribution in [0.1, 0.15) is 5.56 Å². The van der Waals surface area contributed by atoms with Crippen molar-refractivity contribution in [3.63, 3.8) is 0 Å². The lowest BCUT2D eigenvalue weighted by Gasteiger charge is -2.06. The van der Waals surface area contributed by atoms with Gasteiger partial charge in [-0.15, -0.1) is 0 Å². The third kappa shape index (κ3) is 2.27. The number of anilines is 2. The van der Waals surface area contributed by atoms with Crippen molar-refractivity contribution in [2.75, 3.05) is 12.2 Å². The van der Waals surface area contributed by atoms with Crippen molar-refractivity contribution in [3.05, 3.63) is 71.8 Å². The van der Waals surface area contributed by atoms with Crippen molar-refractivity contribution < 1.29 is 13.6 Å². The van der Waals surface area contributed by atoms with Crippen LogP contribution < -0.4 is 5.06 Å². The molecule has 2 nitrogen and oxygen atoms in total. The van der Waals surface area contributed by atoms with Gasteiger partial charge in [-0.2, -0.15) is 0 Å². The van der Waals surface area contributed by atoms with Gasteiger partial charge in [0.1, 0.15) is 5.69 Å². The van der Waals surface area contributed by atoms with Gasteiger partial charge in [0.15, 0.2) is 11.6 Å². The summed E-state index contributed by atoms with van der Waals surface area (Å²) in [7, 11) is 1.42. The molecule has 1 aliphatic heterocycles. The molecular formula is C20H15F2NO. The predicted molar refractivity (Wildman–Crippen MR) is 91.1 cm³/mol. The molecule has 0 atom stereocenters. The summed E-state index contributed by atoms with van der Waals surface area (Å²) in [5.74, 6) is -1.72. The summed E-state index contributed by atoms with van der Waals surface area (Å²) in [6.07, 6.45) is 0. The van der Waals surface area contributed by atoms with Gasteiger partial charge < -0.3 is 0 Å². The lowest BCUT2D eigenvalue weighted by Crippen LogP contribution is -1.95. The average Bonchev–Trinajstić information content (AvgIpc) is 3.32. The van der Waals surface area contributed by atoms with Crippen molar-refractivity contribution in [3.8, 4) is 22.3 Å². The zero-order chi connectivity index (χ0) is 16.8. The summed E-state index contributed by atoms with van der Waals surface area (Å²) in [5.41, 5.74) is 4.93. The summed E-state index contributed by atoms with van der Waals surface area (Å²) >= 11 is 0. The van der Waals surface area contributed by atoms with Gasteiger partial charge in [0.2, 0.25) is 0 Å². The van der Waals surface area contributed by atoms with E-state index in [1.807, 2.05) is 43.3 Å². The molecule has 0 aromatic heterocycles. The third-order valence-corrected chi connectivity index (χ3v) is 4.30. The van der Waals surface area contributed by atoms with Crippen molar-refractivity contribution in [2.45, 2.75) is 6.92 Å². The van der Waals surface area contributed by atoms with E-state index in [0.717, 1.165) is 11.1 Å². The van der Waals surface area contributed by atoms with E-state index in [9.17, 15) is 8.78 Å². The Bertz CT molecular complexity index is 918. The Labute approximate surface area is 138 Å². The van der Waals surface area contributed by atoms with Gasteiger partial charge in [-0.05, 0) is 29.7 Å². The van der Waals surface area contributed by atoms with Crippen LogP contribution in [0.5, 0.6) is 0 Å². The van der Waals surface area contributed by atoms with Crippen LogP contribution in [-0.2, 0) is 4.84 Å². The minimum absolute atomic E-state index is 0.176. The van der Waals surface area contributed by atoms with Crippen molar-refractivity contribution in [2.24, 2.45) is 0 Å². The average molecular weight is 323 g/mol. The number of hydrogen-bond donors (Lipinski definition) is 0. The van der Waals surface area contributed by atoms with Crippen LogP contribution in [0.2, 0.25) is 0 Å². The van der Waals surface area contributed by atoms with Gasteiger partial charge in [0.05, 0.1) is 12.8 Å². The Morgan fingerprint density at radius 1 is 0.792 bits per heavy atom. The number of benzene rings is 3. The van der Waals surface area contributed by atoms with Crippen LogP contribution in [0.25, 0.3) is 22.3 Å². The van der Waals surface area contributed by atoms with E-state index in [4.69, 9.17) is 4.84 Å². The van der Waals surface area contributed by atoms with E-state index in [1.165, 1.54) is 17.7 Å². The molecule has 0 bridgehead atoms. The minimum Gasteiger partial charge on any atom is -0.272 e. The van der Waals surface area contributed by atoms with Crippen LogP contribution in [0.15, 0.2) is 54.6 Å². The van der Waals surface area contributed by atoms with Crippen LogP contribution >= 0.6 is 0 Å². The summed E-state index contributed by atoms with van der Waals surface area (Å²) < 4.78 is 28.4. The Morgan fingerprint density at radius 3 is 1.92 bits per heavy atom. The highest BCUT2D eigenvalue weighted by atomic mass is 19.2. The molecule has 0 aliphatic carbocycles. The Morgan fingerprint density at radius 2 is 1.33 bits per heavy atom. The van der Waals surface area contributed by atoms with Crippen LogP contribution in [0.3, 0.4) is 0 Å². The highest BCUT2D eigenvalue weighted by molar-refractivity contribution is 5.94. The quantitative estimate of drug-likeness (QED) is 0.580. The fraction of sp³-hybridized carbons (Fsp3) is 0.100. The molecule has 0 saturated heterocycles. The second-order valence-corrected chi connectivity index (χ2v) is 5.84. The van der Waals surface area contributed by atoms with E-state index in [-0.39, 0.29) is 11.3 Å². The molecule has 3 aromatic carbocycles. The number of halogens is 2. The zero-order valence-corrected chi connectivity index (χ0v) is 13.3. The maximum absolute atomic E-state index is 14.3. The molecule has 0 saturated carbocycles. The van der Waals surface area contributed by atoms with Crippen LogP contribution in [0, 0.1) is 18.6 Å². The number of nitrogens with zero attached hydrogens (tertiary/aromatic N) is 1. The standard InChI is InChI=1S/C20H15F2NO/c1-12-3-5-13(6-4-12)14-7-9-15(10-8-14)16-11-17-20(23(17)24-2)19(22)18(16)21/h3-11H,1-2H3. The second-order valence-electron chi connectivity index (χ2n) is 5.84. The van der Waals surface area contributed by atoms with E-state index in [0.29, 0.717) is 11.3 Å². The predicted octanol–water partition coefficient (Wildman–Crippen LogP) is 5.62.